The lowest BCUT2D eigenvalue weighted by Crippen LogP contribution is -2.75. The smallest absolute Gasteiger partial charge is 0.332 e. The molecule has 0 saturated heterocycles. The first-order valence-electron chi connectivity index (χ1n) is 10.3. The summed E-state index contributed by atoms with van der Waals surface area (Å²) in [5.74, 6) is -69.6. The van der Waals surface area contributed by atoms with Gasteiger partial charge in [-0.2, -0.15) is 96.6 Å². The molecule has 2 unspecified atom stereocenters. The topological polar surface area (TPSA) is 9.23 Å². The maximum Gasteiger partial charge on any atom is 0.460 e. The molecule has 0 aromatic carbocycles. The minimum absolute atomic E-state index is 0.00915. The van der Waals surface area contributed by atoms with Crippen molar-refractivity contribution < 1.29 is 101 Å². The second-order valence-corrected chi connectivity index (χ2v) is 11.6. The minimum Gasteiger partial charge on any atom is -0.332 e. The lowest BCUT2D eigenvalue weighted by Gasteiger charge is -2.51. The molecule has 0 aliphatic heterocycles. The maximum absolute atomic E-state index is 15.0. The first kappa shape index (κ1) is 42.4. The summed E-state index contributed by atoms with van der Waals surface area (Å²) in [4.78, 5) is 0. The molecule has 43 heavy (non-hydrogen) atoms. The summed E-state index contributed by atoms with van der Waals surface area (Å²) in [5.41, 5.74) is 0. The normalized spacial score (nSPS) is 19.1. The number of hydrogen-bond acceptors (Lipinski definition) is 1. The molecule has 0 bridgehead atoms. The van der Waals surface area contributed by atoms with Gasteiger partial charge in [-0.15, -0.1) is 0 Å². The zero-order chi connectivity index (χ0) is 35.9. The molecule has 0 aliphatic carbocycles. The van der Waals surface area contributed by atoms with E-state index in [0.717, 1.165) is 0 Å². The van der Waals surface area contributed by atoms with Gasteiger partial charge in [0.1, 0.15) is 0 Å². The molecule has 25 heteroatoms. The summed E-state index contributed by atoms with van der Waals surface area (Å²) in [5, 5.41) is 0. The van der Waals surface area contributed by atoms with Gasteiger partial charge < -0.3 is 4.74 Å². The van der Waals surface area contributed by atoms with Crippen LogP contribution in [0.1, 0.15) is 27.7 Å². The third-order valence-corrected chi connectivity index (χ3v) is 8.87. The van der Waals surface area contributed by atoms with Crippen molar-refractivity contribution in [3.05, 3.63) is 0 Å². The number of ether oxygens (including phenoxy) is 1. The number of halogens is 24. The lowest BCUT2D eigenvalue weighted by atomic mass is 9.87. The highest BCUT2D eigenvalue weighted by molar-refractivity contribution is 9.10. The van der Waals surface area contributed by atoms with Crippen LogP contribution in [0.25, 0.3) is 0 Å². The van der Waals surface area contributed by atoms with E-state index in [1.807, 2.05) is 0 Å². The van der Waals surface area contributed by atoms with E-state index >= 15 is 17.6 Å². The van der Waals surface area contributed by atoms with Crippen LogP contribution in [0.2, 0.25) is 0 Å². The highest BCUT2D eigenvalue weighted by Gasteiger charge is 2.93. The molecule has 2 atom stereocenters. The van der Waals surface area contributed by atoms with E-state index in [-0.39, 0.29) is 27.7 Å². The highest BCUT2D eigenvalue weighted by atomic mass is 79.9. The third kappa shape index (κ3) is 5.57. The van der Waals surface area contributed by atoms with Crippen LogP contribution in [0, 0.1) is 11.8 Å². The second kappa shape index (κ2) is 11.0. The van der Waals surface area contributed by atoms with E-state index in [0.29, 0.717) is 0 Å². The van der Waals surface area contributed by atoms with Gasteiger partial charge in [0, 0.05) is 0 Å². The Balaban J connectivity index is 7.64. The van der Waals surface area contributed by atoms with Gasteiger partial charge in [-0.25, -0.2) is 0 Å². The Morgan fingerprint density at radius 3 is 0.628 bits per heavy atom. The molecule has 0 fully saturated rings. The predicted octanol–water partition coefficient (Wildman–Crippen LogP) is 10.7. The first-order chi connectivity index (χ1) is 18.1. The van der Waals surface area contributed by atoms with Crippen molar-refractivity contribution in [3.63, 3.8) is 0 Å². The van der Waals surface area contributed by atoms with Crippen molar-refractivity contribution in [2.24, 2.45) is 11.8 Å². The van der Waals surface area contributed by atoms with Crippen LogP contribution in [-0.4, -0.2) is 68.8 Å². The molecule has 0 amide bonds. The molecule has 0 saturated carbocycles. The molecule has 1 nitrogen and oxygen atoms in total. The van der Waals surface area contributed by atoms with Crippen LogP contribution in [0.15, 0.2) is 0 Å². The van der Waals surface area contributed by atoms with E-state index in [1.54, 1.807) is 0 Å². The summed E-state index contributed by atoms with van der Waals surface area (Å²) in [6, 6.07) is 0. The summed E-state index contributed by atoms with van der Waals surface area (Å²) < 4.78 is 293. The minimum atomic E-state index is -8.25. The molecule has 0 aromatic heterocycles. The second-order valence-electron chi connectivity index (χ2n) is 9.29. The van der Waals surface area contributed by atoms with Gasteiger partial charge in [0.25, 0.3) is 0 Å². The van der Waals surface area contributed by atoms with Crippen LogP contribution in [0.4, 0.5) is 96.6 Å². The van der Waals surface area contributed by atoms with E-state index in [4.69, 9.17) is 0 Å². The first-order valence-corrected chi connectivity index (χ1v) is 11.9. The molecule has 0 N–H and O–H groups in total. The Hall–Kier alpha value is -0.620. The summed E-state index contributed by atoms with van der Waals surface area (Å²) >= 11 is 2.53. The fourth-order valence-electron chi connectivity index (χ4n) is 2.88. The number of alkyl halides is 24. The van der Waals surface area contributed by atoms with Crippen molar-refractivity contribution in [2.75, 3.05) is 0 Å². The Kier molecular flexibility index (Phi) is 10.8. The Bertz CT molecular complexity index is 921. The fourth-order valence-corrected chi connectivity index (χ4v) is 4.10. The highest BCUT2D eigenvalue weighted by Crippen LogP contribution is 2.67. The van der Waals surface area contributed by atoms with Gasteiger partial charge in [-0.1, -0.05) is 27.7 Å². The zero-order valence-corrected chi connectivity index (χ0v) is 23.8. The Morgan fingerprint density at radius 1 is 0.326 bits per heavy atom. The molecular weight excluding hydrogens is 810 g/mol. The largest absolute Gasteiger partial charge is 0.460 e. The average molecular weight is 824 g/mol. The van der Waals surface area contributed by atoms with Crippen LogP contribution in [0.5, 0.6) is 0 Å². The van der Waals surface area contributed by atoms with Crippen molar-refractivity contribution in [1.29, 1.82) is 0 Å². The predicted molar refractivity (Wildman–Crippen MR) is 106 cm³/mol. The standard InChI is InChI=1S/C18H14Br2F22O/c1-5(2)7(19,9(21,22)11(25,26)13(29,30)15(33,34)17(37,38)39)43-8(20,6(3)4)10(23,24)12(27,28)14(31,32)16(35,36)18(40,41)42/h5-6H,1-4H3. The van der Waals surface area contributed by atoms with Gasteiger partial charge in [0.05, 0.1) is 0 Å². The SMILES string of the molecule is CC(C)C(Br)(OC(Br)(C(C)C)C(F)(F)C(F)(F)C(F)(F)C(F)(F)C(F)(F)F)C(F)(F)C(F)(F)C(F)(F)C(F)(F)C(F)(F)F. The van der Waals surface area contributed by atoms with Gasteiger partial charge >= 0.3 is 59.7 Å². The van der Waals surface area contributed by atoms with Gasteiger partial charge in [-0.05, 0) is 43.7 Å². The quantitative estimate of drug-likeness (QED) is 0.141. The number of hydrogen-bond donors (Lipinski definition) is 0. The van der Waals surface area contributed by atoms with Gasteiger partial charge in [0.15, 0.2) is 9.02 Å². The summed E-state index contributed by atoms with van der Waals surface area (Å²) in [6.45, 7) is 0.0366. The van der Waals surface area contributed by atoms with E-state index in [9.17, 15) is 79.0 Å². The van der Waals surface area contributed by atoms with Crippen LogP contribution >= 0.6 is 31.9 Å². The van der Waals surface area contributed by atoms with Gasteiger partial charge in [-0.3, -0.25) is 0 Å². The van der Waals surface area contributed by atoms with Crippen molar-refractivity contribution in [1.82, 2.24) is 0 Å². The van der Waals surface area contributed by atoms with Crippen LogP contribution < -0.4 is 0 Å². The molecule has 260 valence electrons. The Morgan fingerprint density at radius 2 is 0.488 bits per heavy atom. The van der Waals surface area contributed by atoms with Crippen molar-refractivity contribution >= 4 is 31.9 Å². The maximum atomic E-state index is 15.0. The zero-order valence-electron chi connectivity index (χ0n) is 20.6. The molecule has 0 aliphatic rings. The Labute approximate surface area is 241 Å². The molecule has 0 heterocycles. The van der Waals surface area contributed by atoms with Crippen LogP contribution in [-0.2, 0) is 4.74 Å². The molecule has 0 aromatic rings. The average Bonchev–Trinajstić information content (AvgIpc) is 2.75. The van der Waals surface area contributed by atoms with Gasteiger partial charge in [0.2, 0.25) is 0 Å². The lowest BCUT2D eigenvalue weighted by molar-refractivity contribution is -0.448. The molecular formula is C18H14Br2F22O. The molecule has 0 spiro atoms. The molecule has 0 radical (unpaired) electrons. The molecule has 0 rings (SSSR count). The monoisotopic (exact) mass is 822 g/mol. The van der Waals surface area contributed by atoms with E-state index < -0.39 is 80.6 Å². The van der Waals surface area contributed by atoms with Crippen molar-refractivity contribution in [3.8, 4) is 0 Å². The summed E-state index contributed by atoms with van der Waals surface area (Å²) in [6.07, 6.45) is -15.5. The third-order valence-electron chi connectivity index (χ3n) is 5.72. The van der Waals surface area contributed by atoms with E-state index in [1.165, 1.54) is 31.9 Å². The summed E-state index contributed by atoms with van der Waals surface area (Å²) in [7, 11) is 0. The van der Waals surface area contributed by atoms with Crippen LogP contribution in [0.3, 0.4) is 0 Å². The number of rotatable bonds is 12. The fraction of sp³-hybridized carbons (Fsp3) is 1.00. The van der Waals surface area contributed by atoms with Crippen molar-refractivity contribution in [2.45, 2.75) is 96.4 Å². The van der Waals surface area contributed by atoms with E-state index in [2.05, 4.69) is 4.74 Å².